The smallest absolute Gasteiger partial charge is 0.407 e. The highest BCUT2D eigenvalue weighted by atomic mass is 16.6. The highest BCUT2D eigenvalue weighted by molar-refractivity contribution is 5.82. The molecule has 2 heterocycles. The molecule has 3 aromatic rings. The zero-order valence-electron chi connectivity index (χ0n) is 23.3. The maximum atomic E-state index is 13.2. The lowest BCUT2D eigenvalue weighted by Gasteiger charge is -2.44. The zero-order chi connectivity index (χ0) is 27.7. The van der Waals surface area contributed by atoms with Crippen LogP contribution in [0.15, 0.2) is 41.2 Å². The zero-order valence-corrected chi connectivity index (χ0v) is 23.3. The molecule has 1 aromatic heterocycles. The summed E-state index contributed by atoms with van der Waals surface area (Å²) in [4.78, 5) is 35.9. The van der Waals surface area contributed by atoms with Crippen molar-refractivity contribution in [3.63, 3.8) is 0 Å². The first-order valence-electron chi connectivity index (χ1n) is 14.4. The van der Waals surface area contributed by atoms with Crippen LogP contribution in [0.1, 0.15) is 56.1 Å². The van der Waals surface area contributed by atoms with Gasteiger partial charge in [-0.05, 0) is 48.8 Å². The third kappa shape index (κ3) is 5.33. The van der Waals surface area contributed by atoms with Crippen LogP contribution < -0.4 is 25.2 Å². The van der Waals surface area contributed by atoms with Crippen molar-refractivity contribution in [3.05, 3.63) is 57.9 Å². The number of nitrogens with one attached hydrogen (secondary N) is 2. The Morgan fingerprint density at radius 3 is 2.50 bits per heavy atom. The first kappa shape index (κ1) is 26.5. The van der Waals surface area contributed by atoms with Crippen molar-refractivity contribution in [1.82, 2.24) is 15.3 Å². The minimum absolute atomic E-state index is 0.0886. The lowest BCUT2D eigenvalue weighted by atomic mass is 9.74. The molecule has 1 amide bonds. The average molecular weight is 547 g/mol. The molecule has 9 heteroatoms. The fraction of sp³-hybridized carbons (Fsp3) is 0.516. The number of ether oxygens (including phenoxy) is 3. The number of hydrogen-bond acceptors (Lipinski definition) is 7. The minimum atomic E-state index is -0.508. The summed E-state index contributed by atoms with van der Waals surface area (Å²) in [6, 6.07) is 11.9. The average Bonchev–Trinajstić information content (AvgIpc) is 2.94. The molecule has 2 fully saturated rings. The Balaban J connectivity index is 1.15. The molecule has 1 saturated carbocycles. The Morgan fingerprint density at radius 2 is 1.80 bits per heavy atom. The maximum Gasteiger partial charge on any atom is 0.407 e. The minimum Gasteiger partial charge on any atom is -0.493 e. The van der Waals surface area contributed by atoms with E-state index in [0.717, 1.165) is 25.7 Å². The van der Waals surface area contributed by atoms with Gasteiger partial charge in [0.2, 0.25) is 5.95 Å². The molecule has 0 spiro atoms. The predicted octanol–water partition coefficient (Wildman–Crippen LogP) is 4.75. The summed E-state index contributed by atoms with van der Waals surface area (Å²) in [5.74, 6) is 2.13. The summed E-state index contributed by atoms with van der Waals surface area (Å²) in [5.41, 5.74) is 2.50. The van der Waals surface area contributed by atoms with E-state index in [1.807, 2.05) is 0 Å². The molecule has 212 valence electrons. The molecule has 2 aliphatic carbocycles. The van der Waals surface area contributed by atoms with Crippen LogP contribution in [-0.4, -0.2) is 55.0 Å². The number of H-pyrrole nitrogens is 1. The van der Waals surface area contributed by atoms with E-state index in [9.17, 15) is 9.59 Å². The number of fused-ring (bicyclic) bond motifs is 2. The van der Waals surface area contributed by atoms with Gasteiger partial charge in [0, 0.05) is 38.0 Å². The molecule has 1 aliphatic heterocycles. The van der Waals surface area contributed by atoms with Crippen LogP contribution in [0, 0.1) is 5.92 Å². The first-order valence-corrected chi connectivity index (χ1v) is 14.4. The van der Waals surface area contributed by atoms with Gasteiger partial charge in [0.15, 0.2) is 11.5 Å². The lowest BCUT2D eigenvalue weighted by Crippen LogP contribution is -2.51. The van der Waals surface area contributed by atoms with Crippen LogP contribution in [0.2, 0.25) is 0 Å². The van der Waals surface area contributed by atoms with E-state index >= 15 is 0 Å². The molecule has 40 heavy (non-hydrogen) atoms. The number of piperidine rings is 1. The van der Waals surface area contributed by atoms with Gasteiger partial charge in [-0.2, -0.15) is 0 Å². The molecule has 1 unspecified atom stereocenters. The van der Waals surface area contributed by atoms with Gasteiger partial charge in [-0.15, -0.1) is 0 Å². The highest BCUT2D eigenvalue weighted by Gasteiger charge is 2.42. The second kappa shape index (κ2) is 11.0. The fourth-order valence-corrected chi connectivity index (χ4v) is 6.51. The first-order chi connectivity index (χ1) is 19.4. The number of rotatable bonds is 7. The number of carbonyl (C=O) groups excluding carboxylic acids is 1. The Labute approximate surface area is 234 Å². The molecule has 1 atom stereocenters. The van der Waals surface area contributed by atoms with Crippen molar-refractivity contribution < 1.29 is 19.0 Å². The van der Waals surface area contributed by atoms with Gasteiger partial charge in [-0.1, -0.05) is 43.5 Å². The topological polar surface area (TPSA) is 106 Å². The van der Waals surface area contributed by atoms with Crippen LogP contribution in [0.25, 0.3) is 10.9 Å². The van der Waals surface area contributed by atoms with Gasteiger partial charge in [0.1, 0.15) is 5.60 Å². The van der Waals surface area contributed by atoms with Crippen molar-refractivity contribution in [3.8, 4) is 11.5 Å². The number of aromatic nitrogens is 2. The summed E-state index contributed by atoms with van der Waals surface area (Å²) < 4.78 is 17.1. The van der Waals surface area contributed by atoms with Gasteiger partial charge >= 0.3 is 6.09 Å². The second-order valence-corrected chi connectivity index (χ2v) is 11.5. The number of carbonyl (C=O) groups is 1. The summed E-state index contributed by atoms with van der Waals surface area (Å²) in [6.45, 7) is 1.27. The van der Waals surface area contributed by atoms with Crippen LogP contribution in [0.3, 0.4) is 0 Å². The molecule has 0 bridgehead atoms. The number of nitrogens with zero attached hydrogens (tertiary/aromatic N) is 2. The number of amides is 1. The van der Waals surface area contributed by atoms with Crippen LogP contribution in [-0.2, 0) is 17.6 Å². The van der Waals surface area contributed by atoms with Crippen molar-refractivity contribution >= 4 is 22.9 Å². The van der Waals surface area contributed by atoms with Crippen molar-refractivity contribution in [2.75, 3.05) is 32.2 Å². The van der Waals surface area contributed by atoms with Crippen molar-refractivity contribution in [1.29, 1.82) is 0 Å². The van der Waals surface area contributed by atoms with E-state index in [2.05, 4.69) is 39.5 Å². The van der Waals surface area contributed by atoms with Crippen LogP contribution >= 0.6 is 0 Å². The quantitative estimate of drug-likeness (QED) is 0.440. The predicted molar refractivity (Wildman–Crippen MR) is 153 cm³/mol. The van der Waals surface area contributed by atoms with Crippen molar-refractivity contribution in [2.45, 2.75) is 69.4 Å². The maximum absolute atomic E-state index is 13.2. The Hall–Kier alpha value is -3.75. The Morgan fingerprint density at radius 1 is 1.07 bits per heavy atom. The van der Waals surface area contributed by atoms with Gasteiger partial charge in [0.05, 0.1) is 25.1 Å². The van der Waals surface area contributed by atoms with Crippen molar-refractivity contribution in [2.24, 2.45) is 5.92 Å². The third-order valence-corrected chi connectivity index (χ3v) is 9.04. The number of benzene rings is 2. The van der Waals surface area contributed by atoms with Gasteiger partial charge in [-0.25, -0.2) is 9.78 Å². The van der Waals surface area contributed by atoms with Crippen LogP contribution in [0.5, 0.6) is 11.5 Å². The fourth-order valence-electron chi connectivity index (χ4n) is 6.51. The van der Waals surface area contributed by atoms with E-state index in [4.69, 9.17) is 19.2 Å². The second-order valence-electron chi connectivity index (χ2n) is 11.5. The summed E-state index contributed by atoms with van der Waals surface area (Å²) >= 11 is 0. The Bertz CT molecular complexity index is 1440. The normalized spacial score (nSPS) is 20.4. The molecule has 3 aliphatic rings. The number of aromatic amines is 1. The number of alkyl carbamates (subject to hydrolysis) is 1. The van der Waals surface area contributed by atoms with E-state index < -0.39 is 5.60 Å². The van der Waals surface area contributed by atoms with E-state index in [1.165, 1.54) is 30.4 Å². The number of hydrogen-bond donors (Lipinski definition) is 2. The molecular weight excluding hydrogens is 508 g/mol. The van der Waals surface area contributed by atoms with Gasteiger partial charge in [0.25, 0.3) is 5.56 Å². The molecule has 2 aromatic carbocycles. The standard InChI is InChI=1S/C31H38N4O5/c1-38-26-17-24-25(18-27(26)39-2)33-29(34-28(24)36)35-14-12-31(13-15-35,19-20-6-5-7-20)40-30(37)32-23-11-10-21-8-3-4-9-22(21)16-23/h3-4,8-9,17-18,20,23H,5-7,10-16,19H2,1-2H3,(H,32,37)(H,33,34,36). The van der Waals surface area contributed by atoms with Gasteiger partial charge < -0.3 is 24.4 Å². The van der Waals surface area contributed by atoms with E-state index in [1.54, 1.807) is 26.4 Å². The van der Waals surface area contributed by atoms with Gasteiger partial charge in [-0.3, -0.25) is 9.78 Å². The van der Waals surface area contributed by atoms with Crippen LogP contribution in [0.4, 0.5) is 10.7 Å². The lowest BCUT2D eigenvalue weighted by molar-refractivity contribution is -0.0344. The number of methoxy groups -OCH3 is 2. The third-order valence-electron chi connectivity index (χ3n) is 9.04. The van der Waals surface area contributed by atoms with E-state index in [-0.39, 0.29) is 17.7 Å². The Kier molecular flexibility index (Phi) is 7.29. The van der Waals surface area contributed by atoms with E-state index in [0.29, 0.717) is 60.2 Å². The largest absolute Gasteiger partial charge is 0.493 e. The molecular formula is C31H38N4O5. The summed E-state index contributed by atoms with van der Waals surface area (Å²) in [5, 5.41) is 3.62. The number of aryl methyl sites for hydroxylation is 1. The molecule has 6 rings (SSSR count). The summed E-state index contributed by atoms with van der Waals surface area (Å²) in [7, 11) is 3.10. The molecule has 2 N–H and O–H groups in total. The highest BCUT2D eigenvalue weighted by Crippen LogP contribution is 2.41. The molecule has 1 saturated heterocycles. The summed E-state index contributed by atoms with van der Waals surface area (Å²) in [6.07, 6.45) is 8.34. The SMILES string of the molecule is COc1cc2nc(N3CCC(CC4CCC4)(OC(=O)NC4CCc5ccccc5C4)CC3)[nH]c(=O)c2cc1OC. The molecule has 9 nitrogen and oxygen atoms in total. The molecule has 0 radical (unpaired) electrons. The monoisotopic (exact) mass is 546 g/mol. The number of anilines is 1.